The number of anilines is 3. The fraction of sp³-hybridized carbons (Fsp3) is 0.261. The average Bonchev–Trinajstić information content (AvgIpc) is 3.44. The standard InChI is InChI=1S/C23H25N7O/c24-22-27-23(28-30(22)21-12-7-17-5-1-2-6-20(17)26-21)25-18-8-10-19(11-9-18)31-16-15-29-13-3-4-14-29/h1-2,5-12H,3-4,13-16H2,(H3,24,25,27,28). The summed E-state index contributed by atoms with van der Waals surface area (Å²) < 4.78 is 7.39. The van der Waals surface area contributed by atoms with Gasteiger partial charge in [-0.2, -0.15) is 9.67 Å². The number of benzene rings is 2. The van der Waals surface area contributed by atoms with E-state index in [4.69, 9.17) is 10.5 Å². The molecule has 2 aromatic carbocycles. The summed E-state index contributed by atoms with van der Waals surface area (Å²) in [6, 6.07) is 19.6. The van der Waals surface area contributed by atoms with E-state index < -0.39 is 0 Å². The molecule has 4 aromatic rings. The van der Waals surface area contributed by atoms with Crippen molar-refractivity contribution in [3.63, 3.8) is 0 Å². The number of likely N-dealkylation sites (tertiary alicyclic amines) is 1. The van der Waals surface area contributed by atoms with Gasteiger partial charge < -0.3 is 15.8 Å². The van der Waals surface area contributed by atoms with Gasteiger partial charge in [-0.15, -0.1) is 5.10 Å². The van der Waals surface area contributed by atoms with Gasteiger partial charge in [0.15, 0.2) is 5.82 Å². The van der Waals surface area contributed by atoms with Crippen molar-refractivity contribution < 1.29 is 4.74 Å². The fourth-order valence-corrected chi connectivity index (χ4v) is 3.78. The van der Waals surface area contributed by atoms with Crippen LogP contribution in [0.3, 0.4) is 0 Å². The fourth-order valence-electron chi connectivity index (χ4n) is 3.78. The second kappa shape index (κ2) is 8.61. The van der Waals surface area contributed by atoms with Gasteiger partial charge >= 0.3 is 0 Å². The van der Waals surface area contributed by atoms with Crippen LogP contribution in [-0.4, -0.2) is 50.9 Å². The highest BCUT2D eigenvalue weighted by molar-refractivity contribution is 5.79. The number of nitrogen functional groups attached to an aromatic ring is 1. The van der Waals surface area contributed by atoms with Crippen molar-refractivity contribution in [1.82, 2.24) is 24.6 Å². The molecule has 8 nitrogen and oxygen atoms in total. The predicted octanol–water partition coefficient (Wildman–Crippen LogP) is 3.62. The van der Waals surface area contributed by atoms with Crippen molar-refractivity contribution in [2.45, 2.75) is 12.8 Å². The first kappa shape index (κ1) is 19.3. The van der Waals surface area contributed by atoms with Crippen LogP contribution in [0.1, 0.15) is 12.8 Å². The Balaban J connectivity index is 1.24. The van der Waals surface area contributed by atoms with Crippen LogP contribution in [0.2, 0.25) is 0 Å². The number of ether oxygens (including phenoxy) is 1. The third-order valence-electron chi connectivity index (χ3n) is 5.42. The summed E-state index contributed by atoms with van der Waals surface area (Å²) in [5, 5.41) is 8.72. The molecule has 0 unspecified atom stereocenters. The van der Waals surface area contributed by atoms with Gasteiger partial charge in [0.2, 0.25) is 11.9 Å². The van der Waals surface area contributed by atoms with E-state index in [0.29, 0.717) is 18.4 Å². The highest BCUT2D eigenvalue weighted by Crippen LogP contribution is 2.21. The average molecular weight is 416 g/mol. The van der Waals surface area contributed by atoms with Crippen molar-refractivity contribution in [2.24, 2.45) is 0 Å². The van der Waals surface area contributed by atoms with Crippen LogP contribution in [0.4, 0.5) is 17.6 Å². The van der Waals surface area contributed by atoms with Crippen LogP contribution in [-0.2, 0) is 0 Å². The largest absolute Gasteiger partial charge is 0.492 e. The number of aromatic nitrogens is 4. The Kier molecular flexibility index (Phi) is 5.37. The van der Waals surface area contributed by atoms with E-state index in [1.807, 2.05) is 60.7 Å². The molecular formula is C23H25N7O. The van der Waals surface area contributed by atoms with Crippen LogP contribution in [0.5, 0.6) is 5.75 Å². The highest BCUT2D eigenvalue weighted by atomic mass is 16.5. The molecule has 3 N–H and O–H groups in total. The predicted molar refractivity (Wildman–Crippen MR) is 122 cm³/mol. The van der Waals surface area contributed by atoms with E-state index in [-0.39, 0.29) is 5.95 Å². The minimum absolute atomic E-state index is 0.271. The van der Waals surface area contributed by atoms with Gasteiger partial charge in [-0.05, 0) is 68.4 Å². The second-order valence-electron chi connectivity index (χ2n) is 7.61. The maximum atomic E-state index is 6.09. The molecule has 8 heteroatoms. The van der Waals surface area contributed by atoms with Crippen LogP contribution in [0.25, 0.3) is 16.7 Å². The summed E-state index contributed by atoms with van der Waals surface area (Å²) in [5.74, 6) is 2.16. The molecule has 31 heavy (non-hydrogen) atoms. The van der Waals surface area contributed by atoms with E-state index in [0.717, 1.165) is 28.9 Å². The van der Waals surface area contributed by atoms with Gasteiger partial charge in [-0.3, -0.25) is 4.90 Å². The quantitative estimate of drug-likeness (QED) is 0.476. The number of rotatable bonds is 7. The first-order valence-electron chi connectivity index (χ1n) is 10.6. The molecule has 0 spiro atoms. The molecule has 0 aliphatic carbocycles. The van der Waals surface area contributed by atoms with Gasteiger partial charge in [0.05, 0.1) is 5.52 Å². The molecule has 1 aliphatic heterocycles. The van der Waals surface area contributed by atoms with Gasteiger partial charge in [-0.1, -0.05) is 18.2 Å². The number of nitrogens with two attached hydrogens (primary N) is 1. The molecule has 158 valence electrons. The zero-order valence-corrected chi connectivity index (χ0v) is 17.2. The first-order chi connectivity index (χ1) is 15.2. The van der Waals surface area contributed by atoms with Crippen LogP contribution < -0.4 is 15.8 Å². The van der Waals surface area contributed by atoms with E-state index in [9.17, 15) is 0 Å². The molecule has 2 aromatic heterocycles. The Morgan fingerprint density at radius 1 is 0.935 bits per heavy atom. The van der Waals surface area contributed by atoms with Crippen molar-refractivity contribution in [2.75, 3.05) is 37.3 Å². The minimum atomic E-state index is 0.271. The number of pyridine rings is 1. The van der Waals surface area contributed by atoms with E-state index in [2.05, 4.69) is 25.3 Å². The minimum Gasteiger partial charge on any atom is -0.492 e. The molecular weight excluding hydrogens is 390 g/mol. The van der Waals surface area contributed by atoms with Crippen LogP contribution in [0, 0.1) is 0 Å². The number of hydrogen-bond acceptors (Lipinski definition) is 7. The SMILES string of the molecule is Nc1nc(Nc2ccc(OCCN3CCCC3)cc2)nn1-c1ccc2ccccc2n1. The molecule has 0 atom stereocenters. The van der Waals surface area contributed by atoms with Crippen molar-refractivity contribution >= 4 is 28.5 Å². The maximum Gasteiger partial charge on any atom is 0.248 e. The van der Waals surface area contributed by atoms with Gasteiger partial charge in [0.1, 0.15) is 12.4 Å². The number of fused-ring (bicyclic) bond motifs is 1. The zero-order chi connectivity index (χ0) is 21.0. The number of nitrogens with one attached hydrogen (secondary N) is 1. The summed E-state index contributed by atoms with van der Waals surface area (Å²) in [7, 11) is 0. The van der Waals surface area contributed by atoms with Crippen molar-refractivity contribution in [3.05, 3.63) is 60.7 Å². The molecule has 0 radical (unpaired) electrons. The number of hydrogen-bond donors (Lipinski definition) is 2. The maximum absolute atomic E-state index is 6.09. The third kappa shape index (κ3) is 4.44. The lowest BCUT2D eigenvalue weighted by atomic mass is 10.2. The lowest BCUT2D eigenvalue weighted by Gasteiger charge is -2.15. The number of nitrogens with zero attached hydrogens (tertiary/aromatic N) is 5. The van der Waals surface area contributed by atoms with Gasteiger partial charge in [0.25, 0.3) is 0 Å². The smallest absolute Gasteiger partial charge is 0.248 e. The van der Waals surface area contributed by atoms with Crippen molar-refractivity contribution in [1.29, 1.82) is 0 Å². The lowest BCUT2D eigenvalue weighted by Crippen LogP contribution is -2.25. The van der Waals surface area contributed by atoms with Crippen LogP contribution in [0.15, 0.2) is 60.7 Å². The molecule has 0 amide bonds. The molecule has 5 rings (SSSR count). The van der Waals surface area contributed by atoms with Gasteiger partial charge in [0, 0.05) is 17.6 Å². The summed E-state index contributed by atoms with van der Waals surface area (Å²) >= 11 is 0. The Morgan fingerprint density at radius 3 is 2.58 bits per heavy atom. The Morgan fingerprint density at radius 2 is 1.74 bits per heavy atom. The van der Waals surface area contributed by atoms with E-state index in [1.54, 1.807) is 0 Å². The third-order valence-corrected chi connectivity index (χ3v) is 5.42. The Hall–Kier alpha value is -3.65. The molecule has 1 aliphatic rings. The summed E-state index contributed by atoms with van der Waals surface area (Å²) in [4.78, 5) is 11.4. The van der Waals surface area contributed by atoms with E-state index in [1.165, 1.54) is 30.6 Å². The summed E-state index contributed by atoms with van der Waals surface area (Å²) in [6.07, 6.45) is 2.59. The van der Waals surface area contributed by atoms with Crippen molar-refractivity contribution in [3.8, 4) is 11.6 Å². The lowest BCUT2D eigenvalue weighted by molar-refractivity contribution is 0.238. The molecule has 3 heterocycles. The monoisotopic (exact) mass is 415 g/mol. The number of para-hydroxylation sites is 1. The zero-order valence-electron chi connectivity index (χ0n) is 17.2. The summed E-state index contributed by atoms with van der Waals surface area (Å²) in [6.45, 7) is 4.05. The van der Waals surface area contributed by atoms with E-state index >= 15 is 0 Å². The topological polar surface area (TPSA) is 94.1 Å². The normalized spacial score (nSPS) is 14.2. The van der Waals surface area contributed by atoms with Crippen LogP contribution >= 0.6 is 0 Å². The molecule has 1 saturated heterocycles. The second-order valence-corrected chi connectivity index (χ2v) is 7.61. The molecule has 0 bridgehead atoms. The molecule has 0 saturated carbocycles. The highest BCUT2D eigenvalue weighted by Gasteiger charge is 2.12. The van der Waals surface area contributed by atoms with Gasteiger partial charge in [-0.25, -0.2) is 4.98 Å². The Labute approximate surface area is 180 Å². The first-order valence-corrected chi connectivity index (χ1v) is 10.6. The molecule has 1 fully saturated rings. The Bertz CT molecular complexity index is 1170. The summed E-state index contributed by atoms with van der Waals surface area (Å²) in [5.41, 5.74) is 7.82.